The largest absolute Gasteiger partial charge is 0.338 e. The molecule has 0 saturated carbocycles. The maximum Gasteiger partial charge on any atom is 0.254 e. The molecule has 98 valence electrons. The Morgan fingerprint density at radius 1 is 1.11 bits per heavy atom. The van der Waals surface area contributed by atoms with E-state index in [9.17, 15) is 13.6 Å². The van der Waals surface area contributed by atoms with E-state index in [4.69, 9.17) is 0 Å². The van der Waals surface area contributed by atoms with Gasteiger partial charge in [-0.15, -0.1) is 0 Å². The molecule has 1 heterocycles. The van der Waals surface area contributed by atoms with Gasteiger partial charge in [-0.05, 0) is 30.4 Å². The predicted octanol–water partition coefficient (Wildman–Crippen LogP) is 3.08. The first-order valence-electron chi connectivity index (χ1n) is 6.21. The van der Waals surface area contributed by atoms with Crippen LogP contribution in [0, 0.1) is 23.5 Å². The Kier molecular flexibility index (Phi) is 3.64. The average molecular weight is 253 g/mol. The Hall–Kier alpha value is -1.45. The van der Waals surface area contributed by atoms with Gasteiger partial charge in [0.1, 0.15) is 11.6 Å². The minimum absolute atomic E-state index is 0.0915. The maximum absolute atomic E-state index is 13.1. The van der Waals surface area contributed by atoms with Crippen LogP contribution < -0.4 is 0 Å². The van der Waals surface area contributed by atoms with Crippen molar-refractivity contribution in [2.75, 3.05) is 13.1 Å². The molecule has 1 aliphatic rings. The number of carbonyl (C=O) groups is 1. The Morgan fingerprint density at radius 3 is 2.11 bits per heavy atom. The van der Waals surface area contributed by atoms with E-state index in [0.717, 1.165) is 24.6 Å². The van der Waals surface area contributed by atoms with Crippen molar-refractivity contribution in [2.24, 2.45) is 11.8 Å². The lowest BCUT2D eigenvalue weighted by atomic mass is 9.91. The van der Waals surface area contributed by atoms with Crippen LogP contribution in [0.2, 0.25) is 0 Å². The zero-order chi connectivity index (χ0) is 13.3. The second-order valence-electron chi connectivity index (χ2n) is 5.31. The number of amides is 1. The van der Waals surface area contributed by atoms with Gasteiger partial charge < -0.3 is 4.90 Å². The van der Waals surface area contributed by atoms with E-state index in [-0.39, 0.29) is 11.5 Å². The molecule has 0 spiro atoms. The van der Waals surface area contributed by atoms with E-state index in [1.807, 2.05) is 0 Å². The summed E-state index contributed by atoms with van der Waals surface area (Å²) in [5.74, 6) is -0.855. The number of carbonyl (C=O) groups excluding carboxylic acids is 1. The highest BCUT2D eigenvalue weighted by Gasteiger charge is 2.26. The summed E-state index contributed by atoms with van der Waals surface area (Å²) in [5, 5.41) is 0. The molecule has 2 unspecified atom stereocenters. The van der Waals surface area contributed by atoms with Crippen molar-refractivity contribution in [2.45, 2.75) is 20.3 Å². The topological polar surface area (TPSA) is 20.3 Å². The number of rotatable bonds is 1. The number of likely N-dealkylation sites (tertiary alicyclic amines) is 1. The summed E-state index contributed by atoms with van der Waals surface area (Å²) in [4.78, 5) is 13.9. The molecule has 2 atom stereocenters. The second-order valence-corrected chi connectivity index (χ2v) is 5.31. The van der Waals surface area contributed by atoms with Crippen molar-refractivity contribution < 1.29 is 13.6 Å². The fourth-order valence-electron chi connectivity index (χ4n) is 2.69. The molecule has 1 aromatic carbocycles. The molecular formula is C14H17F2NO. The molecule has 1 aromatic rings. The van der Waals surface area contributed by atoms with E-state index in [0.29, 0.717) is 24.9 Å². The molecule has 1 saturated heterocycles. The minimum atomic E-state index is -0.712. The first kappa shape index (κ1) is 13.0. The van der Waals surface area contributed by atoms with Gasteiger partial charge >= 0.3 is 0 Å². The van der Waals surface area contributed by atoms with Gasteiger partial charge in [0, 0.05) is 24.7 Å². The van der Waals surface area contributed by atoms with E-state index in [2.05, 4.69) is 13.8 Å². The van der Waals surface area contributed by atoms with Crippen LogP contribution >= 0.6 is 0 Å². The summed E-state index contributed by atoms with van der Waals surface area (Å²) in [5.41, 5.74) is 0.0915. The average Bonchev–Trinajstić information content (AvgIpc) is 2.25. The monoisotopic (exact) mass is 253 g/mol. The van der Waals surface area contributed by atoms with Gasteiger partial charge in [0.15, 0.2) is 0 Å². The number of halogens is 2. The molecule has 0 radical (unpaired) electrons. The Morgan fingerprint density at radius 2 is 1.61 bits per heavy atom. The van der Waals surface area contributed by atoms with Gasteiger partial charge in [0.25, 0.3) is 5.91 Å². The van der Waals surface area contributed by atoms with Crippen molar-refractivity contribution >= 4 is 5.91 Å². The lowest BCUT2D eigenvalue weighted by Crippen LogP contribution is -2.42. The highest BCUT2D eigenvalue weighted by atomic mass is 19.1. The molecule has 2 nitrogen and oxygen atoms in total. The lowest BCUT2D eigenvalue weighted by molar-refractivity contribution is 0.0622. The van der Waals surface area contributed by atoms with E-state index >= 15 is 0 Å². The first-order valence-corrected chi connectivity index (χ1v) is 6.21. The van der Waals surface area contributed by atoms with Crippen molar-refractivity contribution in [1.29, 1.82) is 0 Å². The molecule has 0 N–H and O–H groups in total. The molecule has 0 aromatic heterocycles. The summed E-state index contributed by atoms with van der Waals surface area (Å²) < 4.78 is 26.2. The molecule has 18 heavy (non-hydrogen) atoms. The highest BCUT2D eigenvalue weighted by molar-refractivity contribution is 5.94. The SMILES string of the molecule is CC1CC(C)CN(C(=O)c2cc(F)cc(F)c2)C1. The zero-order valence-electron chi connectivity index (χ0n) is 10.6. The van der Waals surface area contributed by atoms with Crippen LogP contribution in [0.4, 0.5) is 8.78 Å². The number of nitrogens with zero attached hydrogens (tertiary/aromatic N) is 1. The fourth-order valence-corrected chi connectivity index (χ4v) is 2.69. The van der Waals surface area contributed by atoms with Crippen LogP contribution in [0.5, 0.6) is 0 Å². The third-order valence-electron chi connectivity index (χ3n) is 3.27. The minimum Gasteiger partial charge on any atom is -0.338 e. The number of hydrogen-bond donors (Lipinski definition) is 0. The van der Waals surface area contributed by atoms with Crippen molar-refractivity contribution in [3.8, 4) is 0 Å². The Balaban J connectivity index is 2.20. The van der Waals surface area contributed by atoms with Gasteiger partial charge in [-0.3, -0.25) is 4.79 Å². The number of hydrogen-bond acceptors (Lipinski definition) is 1. The predicted molar refractivity (Wildman–Crippen MR) is 65.2 cm³/mol. The van der Waals surface area contributed by atoms with E-state index < -0.39 is 11.6 Å². The molecule has 4 heteroatoms. The number of piperidine rings is 1. The molecular weight excluding hydrogens is 236 g/mol. The second kappa shape index (κ2) is 5.04. The van der Waals surface area contributed by atoms with Crippen LogP contribution in [0.15, 0.2) is 18.2 Å². The molecule has 0 bridgehead atoms. The lowest BCUT2D eigenvalue weighted by Gasteiger charge is -2.35. The summed E-state index contributed by atoms with van der Waals surface area (Å²) in [6.07, 6.45) is 1.08. The van der Waals surface area contributed by atoms with Crippen molar-refractivity contribution in [3.05, 3.63) is 35.4 Å². The van der Waals surface area contributed by atoms with Crippen LogP contribution in [0.25, 0.3) is 0 Å². The highest BCUT2D eigenvalue weighted by Crippen LogP contribution is 2.22. The molecule has 2 rings (SSSR count). The van der Waals surface area contributed by atoms with E-state index in [1.165, 1.54) is 0 Å². The van der Waals surface area contributed by atoms with Crippen LogP contribution in [0.3, 0.4) is 0 Å². The summed E-state index contributed by atoms with van der Waals surface area (Å²) >= 11 is 0. The zero-order valence-corrected chi connectivity index (χ0v) is 10.6. The normalized spacial score (nSPS) is 24.1. The fraction of sp³-hybridized carbons (Fsp3) is 0.500. The summed E-state index contributed by atoms with van der Waals surface area (Å²) in [6, 6.07) is 2.96. The molecule has 1 amide bonds. The van der Waals surface area contributed by atoms with Gasteiger partial charge in [0.05, 0.1) is 0 Å². The van der Waals surface area contributed by atoms with Crippen LogP contribution in [0.1, 0.15) is 30.6 Å². The summed E-state index contributed by atoms with van der Waals surface area (Å²) in [6.45, 7) is 5.48. The van der Waals surface area contributed by atoms with Gasteiger partial charge in [-0.2, -0.15) is 0 Å². The molecule has 1 aliphatic heterocycles. The maximum atomic E-state index is 13.1. The third-order valence-corrected chi connectivity index (χ3v) is 3.27. The Labute approximate surface area is 106 Å². The van der Waals surface area contributed by atoms with Gasteiger partial charge in [-0.1, -0.05) is 13.8 Å². The van der Waals surface area contributed by atoms with Gasteiger partial charge in [0.2, 0.25) is 0 Å². The number of benzene rings is 1. The van der Waals surface area contributed by atoms with Crippen molar-refractivity contribution in [1.82, 2.24) is 4.90 Å². The smallest absolute Gasteiger partial charge is 0.254 e. The molecule has 1 fully saturated rings. The third kappa shape index (κ3) is 2.86. The van der Waals surface area contributed by atoms with Crippen LogP contribution in [-0.4, -0.2) is 23.9 Å². The Bertz CT molecular complexity index is 431. The molecule has 0 aliphatic carbocycles. The standard InChI is InChI=1S/C14H17F2NO/c1-9-3-10(2)8-17(7-9)14(18)11-4-12(15)6-13(16)5-11/h4-6,9-10H,3,7-8H2,1-2H3. The first-order chi connectivity index (χ1) is 8.45. The van der Waals surface area contributed by atoms with Crippen molar-refractivity contribution in [3.63, 3.8) is 0 Å². The van der Waals surface area contributed by atoms with Gasteiger partial charge in [-0.25, -0.2) is 8.78 Å². The van der Waals surface area contributed by atoms with E-state index in [1.54, 1.807) is 4.90 Å². The summed E-state index contributed by atoms with van der Waals surface area (Å²) in [7, 11) is 0. The van der Waals surface area contributed by atoms with Crippen LogP contribution in [-0.2, 0) is 0 Å². The quantitative estimate of drug-likeness (QED) is 0.753.